The zero-order valence-corrected chi connectivity index (χ0v) is 18.1. The zero-order valence-electron chi connectivity index (χ0n) is 17.3. The van der Waals surface area contributed by atoms with E-state index in [1.54, 1.807) is 12.4 Å². The maximum absolute atomic E-state index is 13.0. The van der Waals surface area contributed by atoms with E-state index < -0.39 is 0 Å². The highest BCUT2D eigenvalue weighted by atomic mass is 32.2. The second-order valence-electron chi connectivity index (χ2n) is 7.45. The minimum atomic E-state index is -0.209. The molecule has 1 aromatic carbocycles. The van der Waals surface area contributed by atoms with Crippen molar-refractivity contribution in [3.8, 4) is 11.4 Å². The number of hydrogen-bond donors (Lipinski definition) is 0. The second kappa shape index (κ2) is 9.40. The first kappa shape index (κ1) is 20.6. The van der Waals surface area contributed by atoms with Crippen molar-refractivity contribution < 1.29 is 4.79 Å². The fraction of sp³-hybridized carbons (Fsp3) is 0.364. The number of carbonyl (C=O) groups is 1. The molecule has 1 saturated heterocycles. The summed E-state index contributed by atoms with van der Waals surface area (Å²) in [5.41, 5.74) is 2.27. The number of carbonyl (C=O) groups excluding carboxylic acids is 1. The summed E-state index contributed by atoms with van der Waals surface area (Å²) < 4.78 is 1.93. The predicted molar refractivity (Wildman–Crippen MR) is 118 cm³/mol. The lowest BCUT2D eigenvalue weighted by Gasteiger charge is -2.35. The fourth-order valence-corrected chi connectivity index (χ4v) is 4.50. The molecule has 30 heavy (non-hydrogen) atoms. The molecule has 0 bridgehead atoms. The number of piperazine rings is 1. The first-order valence-corrected chi connectivity index (χ1v) is 11.0. The summed E-state index contributed by atoms with van der Waals surface area (Å²) in [6.45, 7) is 6.20. The Bertz CT molecular complexity index is 970. The van der Waals surface area contributed by atoms with Crippen LogP contribution in [0.3, 0.4) is 0 Å². The molecule has 1 aliphatic heterocycles. The topological polar surface area (TPSA) is 67.2 Å². The molecule has 0 spiro atoms. The lowest BCUT2D eigenvalue weighted by Crippen LogP contribution is -2.50. The Morgan fingerprint density at radius 2 is 1.73 bits per heavy atom. The van der Waals surface area contributed by atoms with E-state index in [1.807, 2.05) is 41.6 Å². The van der Waals surface area contributed by atoms with Crippen LogP contribution in [0.2, 0.25) is 0 Å². The molecule has 3 heterocycles. The van der Waals surface area contributed by atoms with Gasteiger partial charge >= 0.3 is 0 Å². The number of hydrogen-bond acceptors (Lipinski definition) is 6. The van der Waals surface area contributed by atoms with E-state index in [1.165, 1.54) is 17.3 Å². The van der Waals surface area contributed by atoms with Gasteiger partial charge in [-0.05, 0) is 24.6 Å². The van der Waals surface area contributed by atoms with Gasteiger partial charge in [-0.2, -0.15) is 0 Å². The summed E-state index contributed by atoms with van der Waals surface area (Å²) in [6.07, 6.45) is 3.47. The molecule has 156 valence electrons. The molecule has 0 unspecified atom stereocenters. The minimum Gasteiger partial charge on any atom is -0.339 e. The Morgan fingerprint density at radius 1 is 1.03 bits per heavy atom. The number of pyridine rings is 1. The SMILES string of the molecule is C[C@H](Sc1nnc(-c2ccncc2)n1C)C(=O)N1CCN(Cc2ccccc2)CC1. The lowest BCUT2D eigenvalue weighted by molar-refractivity contribution is -0.132. The van der Waals surface area contributed by atoms with Crippen LogP contribution in [0.25, 0.3) is 11.4 Å². The second-order valence-corrected chi connectivity index (χ2v) is 8.76. The van der Waals surface area contributed by atoms with Crippen molar-refractivity contribution in [1.82, 2.24) is 29.5 Å². The Balaban J connectivity index is 1.32. The third-order valence-electron chi connectivity index (χ3n) is 5.34. The number of thioether (sulfide) groups is 1. The first-order chi connectivity index (χ1) is 14.6. The van der Waals surface area contributed by atoms with Gasteiger partial charge in [0.1, 0.15) is 0 Å². The number of nitrogens with zero attached hydrogens (tertiary/aromatic N) is 6. The van der Waals surface area contributed by atoms with Gasteiger partial charge < -0.3 is 9.47 Å². The molecule has 1 fully saturated rings. The fourth-order valence-electron chi connectivity index (χ4n) is 3.60. The van der Waals surface area contributed by atoms with Gasteiger partial charge in [0.05, 0.1) is 5.25 Å². The van der Waals surface area contributed by atoms with Gasteiger partial charge in [0, 0.05) is 57.7 Å². The summed E-state index contributed by atoms with van der Waals surface area (Å²) in [6, 6.07) is 14.3. The Hall–Kier alpha value is -2.71. The molecule has 0 N–H and O–H groups in total. The van der Waals surface area contributed by atoms with Crippen molar-refractivity contribution in [3.05, 3.63) is 60.4 Å². The molecule has 3 aromatic rings. The van der Waals surface area contributed by atoms with Crippen LogP contribution in [-0.2, 0) is 18.4 Å². The Kier molecular flexibility index (Phi) is 6.44. The van der Waals surface area contributed by atoms with Crippen LogP contribution in [0.5, 0.6) is 0 Å². The number of aromatic nitrogens is 4. The van der Waals surface area contributed by atoms with Gasteiger partial charge in [-0.1, -0.05) is 42.1 Å². The van der Waals surface area contributed by atoms with Crippen molar-refractivity contribution in [1.29, 1.82) is 0 Å². The summed E-state index contributed by atoms with van der Waals surface area (Å²) >= 11 is 1.46. The average molecular weight is 423 g/mol. The third kappa shape index (κ3) is 4.71. The van der Waals surface area contributed by atoms with Crippen LogP contribution in [0.15, 0.2) is 60.0 Å². The minimum absolute atomic E-state index is 0.160. The molecule has 2 aromatic heterocycles. The maximum atomic E-state index is 13.0. The molecule has 0 aliphatic carbocycles. The molecule has 1 aliphatic rings. The van der Waals surface area contributed by atoms with Crippen LogP contribution in [0.4, 0.5) is 0 Å². The van der Waals surface area contributed by atoms with Crippen molar-refractivity contribution in [3.63, 3.8) is 0 Å². The highest BCUT2D eigenvalue weighted by Gasteiger charge is 2.27. The smallest absolute Gasteiger partial charge is 0.235 e. The number of benzene rings is 1. The monoisotopic (exact) mass is 422 g/mol. The largest absolute Gasteiger partial charge is 0.339 e. The standard InChI is InChI=1S/C22H26N6OS/c1-17(30-22-25-24-20(26(22)2)19-8-10-23-11-9-19)21(29)28-14-12-27(13-15-28)16-18-6-4-3-5-7-18/h3-11,17H,12-16H2,1-2H3/t17-/m0/s1. The van der Waals surface area contributed by atoms with Crippen LogP contribution < -0.4 is 0 Å². The van der Waals surface area contributed by atoms with E-state index >= 15 is 0 Å². The molecule has 0 radical (unpaired) electrons. The molecule has 1 atom stereocenters. The third-order valence-corrected chi connectivity index (χ3v) is 6.46. The van der Waals surface area contributed by atoms with E-state index in [9.17, 15) is 4.79 Å². The van der Waals surface area contributed by atoms with Gasteiger partial charge in [0.15, 0.2) is 11.0 Å². The van der Waals surface area contributed by atoms with E-state index in [0.29, 0.717) is 0 Å². The van der Waals surface area contributed by atoms with Gasteiger partial charge in [-0.25, -0.2) is 0 Å². The summed E-state index contributed by atoms with van der Waals surface area (Å²) in [4.78, 5) is 21.4. The van der Waals surface area contributed by atoms with Crippen molar-refractivity contribution in [2.75, 3.05) is 26.2 Å². The molecular formula is C22H26N6OS. The number of rotatable bonds is 6. The lowest BCUT2D eigenvalue weighted by atomic mass is 10.2. The van der Waals surface area contributed by atoms with Gasteiger partial charge in [0.25, 0.3) is 0 Å². The van der Waals surface area contributed by atoms with Gasteiger partial charge in [-0.3, -0.25) is 14.7 Å². The summed E-state index contributed by atoms with van der Waals surface area (Å²) in [5, 5.41) is 9.12. The van der Waals surface area contributed by atoms with Crippen LogP contribution in [-0.4, -0.2) is 66.9 Å². The Labute approximate surface area is 181 Å². The normalized spacial score (nSPS) is 15.9. The molecule has 8 heteroatoms. The highest BCUT2D eigenvalue weighted by molar-refractivity contribution is 8.00. The Morgan fingerprint density at radius 3 is 2.43 bits per heavy atom. The predicted octanol–water partition coefficient (Wildman–Crippen LogP) is 2.70. The highest BCUT2D eigenvalue weighted by Crippen LogP contribution is 2.26. The zero-order chi connectivity index (χ0) is 20.9. The van der Waals surface area contributed by atoms with Crippen LogP contribution in [0, 0.1) is 0 Å². The van der Waals surface area contributed by atoms with Gasteiger partial charge in [0.2, 0.25) is 5.91 Å². The van der Waals surface area contributed by atoms with E-state index in [4.69, 9.17) is 0 Å². The quantitative estimate of drug-likeness (QED) is 0.569. The van der Waals surface area contributed by atoms with E-state index in [2.05, 4.69) is 44.3 Å². The van der Waals surface area contributed by atoms with Crippen molar-refractivity contribution >= 4 is 17.7 Å². The maximum Gasteiger partial charge on any atom is 0.235 e. The summed E-state index contributed by atoms with van der Waals surface area (Å²) in [5.74, 6) is 0.932. The molecule has 0 saturated carbocycles. The molecule has 7 nitrogen and oxygen atoms in total. The first-order valence-electron chi connectivity index (χ1n) is 10.1. The number of amides is 1. The van der Waals surface area contributed by atoms with Crippen LogP contribution >= 0.6 is 11.8 Å². The molecule has 4 rings (SSSR count). The van der Waals surface area contributed by atoms with Gasteiger partial charge in [-0.15, -0.1) is 10.2 Å². The average Bonchev–Trinajstić information content (AvgIpc) is 3.15. The van der Waals surface area contributed by atoms with Crippen molar-refractivity contribution in [2.45, 2.75) is 23.9 Å². The van der Waals surface area contributed by atoms with Crippen molar-refractivity contribution in [2.24, 2.45) is 7.05 Å². The van der Waals surface area contributed by atoms with Crippen LogP contribution in [0.1, 0.15) is 12.5 Å². The van der Waals surface area contributed by atoms with E-state index in [-0.39, 0.29) is 11.2 Å². The van der Waals surface area contributed by atoms with E-state index in [0.717, 1.165) is 49.3 Å². The summed E-state index contributed by atoms with van der Waals surface area (Å²) in [7, 11) is 1.93. The molecule has 1 amide bonds. The molecular weight excluding hydrogens is 396 g/mol.